The van der Waals surface area contributed by atoms with Crippen molar-refractivity contribution >= 4 is 33.5 Å². The van der Waals surface area contributed by atoms with E-state index in [1.807, 2.05) is 37.9 Å². The molecule has 1 unspecified atom stereocenters. The number of nitrogens with zero attached hydrogens (tertiary/aromatic N) is 2. The largest absolute Gasteiger partial charge is 0.457 e. The van der Waals surface area contributed by atoms with Crippen molar-refractivity contribution in [1.82, 2.24) is 4.90 Å². The van der Waals surface area contributed by atoms with Gasteiger partial charge in [-0.05, 0) is 51.5 Å². The fourth-order valence-corrected chi connectivity index (χ4v) is 4.94. The average Bonchev–Trinajstić information content (AvgIpc) is 3.02. The van der Waals surface area contributed by atoms with Crippen molar-refractivity contribution in [3.8, 4) is 0 Å². The highest BCUT2D eigenvalue weighted by Crippen LogP contribution is 2.55. The molecular weight excluding hydrogens is 432 g/mol. The van der Waals surface area contributed by atoms with Crippen LogP contribution < -0.4 is 4.90 Å². The Balaban J connectivity index is 2.27. The Kier molecular flexibility index (Phi) is 5.95. The number of allylic oxidation sites excluding steroid dienone is 2. The van der Waals surface area contributed by atoms with Crippen LogP contribution >= 0.6 is 15.9 Å². The van der Waals surface area contributed by atoms with Gasteiger partial charge in [0.15, 0.2) is 0 Å². The summed E-state index contributed by atoms with van der Waals surface area (Å²) in [7, 11) is 1.85. The molecule has 0 radical (unpaired) electrons. The van der Waals surface area contributed by atoms with Crippen LogP contribution in [0.1, 0.15) is 46.6 Å². The normalized spacial score (nSPS) is 23.4. The lowest BCUT2D eigenvalue weighted by atomic mass is 9.73. The molecule has 156 valence electrons. The van der Waals surface area contributed by atoms with Crippen molar-refractivity contribution < 1.29 is 14.3 Å². The number of fused-ring (bicyclic) bond motifs is 3. The van der Waals surface area contributed by atoms with E-state index in [1.54, 1.807) is 0 Å². The number of carbonyl (C=O) groups excluding carboxylic acids is 2. The highest BCUT2D eigenvalue weighted by Gasteiger charge is 2.63. The predicted molar refractivity (Wildman–Crippen MR) is 119 cm³/mol. The SMILES string of the molecule is CC(=O)OC(C=C(C)C)[C@@]12CC(=O)N(C)[C@@H]1N(CC=C(C)C)c1cc(Br)ccc12. The Morgan fingerprint density at radius 3 is 2.55 bits per heavy atom. The maximum absolute atomic E-state index is 12.9. The first-order chi connectivity index (χ1) is 13.6. The first-order valence-corrected chi connectivity index (χ1v) is 10.6. The highest BCUT2D eigenvalue weighted by atomic mass is 79.9. The summed E-state index contributed by atoms with van der Waals surface area (Å²) in [5, 5.41) is 0. The van der Waals surface area contributed by atoms with Crippen molar-refractivity contribution in [3.05, 3.63) is 51.5 Å². The number of ether oxygens (including phenoxy) is 1. The smallest absolute Gasteiger partial charge is 0.303 e. The molecule has 0 aliphatic carbocycles. The number of rotatable bonds is 5. The monoisotopic (exact) mass is 460 g/mol. The van der Waals surface area contributed by atoms with Crippen LogP contribution in [0.2, 0.25) is 0 Å². The molecule has 1 saturated heterocycles. The first kappa shape index (κ1) is 21.6. The van der Waals surface area contributed by atoms with Crippen LogP contribution in [0.5, 0.6) is 0 Å². The van der Waals surface area contributed by atoms with Gasteiger partial charge in [-0.1, -0.05) is 39.2 Å². The molecule has 0 spiro atoms. The second-order valence-electron chi connectivity index (χ2n) is 8.46. The van der Waals surface area contributed by atoms with Crippen LogP contribution in [0.25, 0.3) is 0 Å². The maximum Gasteiger partial charge on any atom is 0.303 e. The Morgan fingerprint density at radius 1 is 1.28 bits per heavy atom. The molecule has 0 N–H and O–H groups in total. The number of benzene rings is 1. The zero-order valence-electron chi connectivity index (χ0n) is 18.0. The van der Waals surface area contributed by atoms with Crippen molar-refractivity contribution in [1.29, 1.82) is 0 Å². The summed E-state index contributed by atoms with van der Waals surface area (Å²) < 4.78 is 6.84. The quantitative estimate of drug-likeness (QED) is 0.477. The van der Waals surface area contributed by atoms with Crippen molar-refractivity contribution in [2.75, 3.05) is 18.5 Å². The number of anilines is 1. The average molecular weight is 461 g/mol. The molecule has 0 saturated carbocycles. The second-order valence-corrected chi connectivity index (χ2v) is 9.38. The van der Waals surface area contributed by atoms with Crippen molar-refractivity contribution in [2.24, 2.45) is 0 Å². The standard InChI is InChI=1S/C23H29BrN2O3/c1-14(2)9-10-26-19-12-17(24)7-8-18(19)23(13-21(28)25(6)22(23)26)20(11-15(3)4)29-16(5)27/h7-9,11-12,20,22H,10,13H2,1-6H3/t20?,22-,23+/m1/s1. The molecule has 3 atom stereocenters. The van der Waals surface area contributed by atoms with Gasteiger partial charge in [-0.25, -0.2) is 0 Å². The summed E-state index contributed by atoms with van der Waals surface area (Å²) in [5.41, 5.74) is 3.73. The van der Waals surface area contributed by atoms with E-state index in [0.717, 1.165) is 21.3 Å². The topological polar surface area (TPSA) is 49.9 Å². The van der Waals surface area contributed by atoms with E-state index in [2.05, 4.69) is 52.9 Å². The number of hydrogen-bond donors (Lipinski definition) is 0. The molecule has 1 amide bonds. The van der Waals surface area contributed by atoms with Gasteiger partial charge in [-0.3, -0.25) is 9.59 Å². The number of esters is 1. The summed E-state index contributed by atoms with van der Waals surface area (Å²) in [6, 6.07) is 6.16. The van der Waals surface area contributed by atoms with Crippen LogP contribution in [0.15, 0.2) is 46.0 Å². The van der Waals surface area contributed by atoms with Gasteiger partial charge in [0.05, 0.1) is 5.41 Å². The molecular formula is C23H29BrN2O3. The lowest BCUT2D eigenvalue weighted by molar-refractivity contribution is -0.147. The van der Waals surface area contributed by atoms with Crippen LogP contribution in [0.3, 0.4) is 0 Å². The van der Waals surface area contributed by atoms with Crippen molar-refractivity contribution in [2.45, 2.75) is 58.7 Å². The minimum absolute atomic E-state index is 0.0603. The van der Waals surface area contributed by atoms with E-state index in [4.69, 9.17) is 4.74 Å². The minimum atomic E-state index is -0.652. The third kappa shape index (κ3) is 3.75. The van der Waals surface area contributed by atoms with E-state index in [-0.39, 0.29) is 18.0 Å². The Morgan fingerprint density at radius 2 is 1.97 bits per heavy atom. The Hall–Kier alpha value is -2.08. The van der Waals surface area contributed by atoms with Crippen LogP contribution in [0.4, 0.5) is 5.69 Å². The molecule has 1 fully saturated rings. The van der Waals surface area contributed by atoms with Gasteiger partial charge in [-0.15, -0.1) is 0 Å². The van der Waals surface area contributed by atoms with Crippen LogP contribution in [-0.4, -0.2) is 42.6 Å². The molecule has 0 bridgehead atoms. The summed E-state index contributed by atoms with van der Waals surface area (Å²) in [5.74, 6) is -0.283. The minimum Gasteiger partial charge on any atom is -0.457 e. The predicted octanol–water partition coefficient (Wildman–Crippen LogP) is 4.56. The maximum atomic E-state index is 12.9. The summed E-state index contributed by atoms with van der Waals surface area (Å²) >= 11 is 3.59. The van der Waals surface area contributed by atoms with E-state index < -0.39 is 11.5 Å². The number of amides is 1. The zero-order valence-corrected chi connectivity index (χ0v) is 19.5. The lowest BCUT2D eigenvalue weighted by Crippen LogP contribution is -2.54. The highest BCUT2D eigenvalue weighted by molar-refractivity contribution is 9.10. The van der Waals surface area contributed by atoms with Gasteiger partial charge in [-0.2, -0.15) is 0 Å². The molecule has 3 rings (SSSR count). The Bertz CT molecular complexity index is 899. The lowest BCUT2D eigenvalue weighted by Gasteiger charge is -2.39. The summed E-state index contributed by atoms with van der Waals surface area (Å²) in [4.78, 5) is 29.0. The van der Waals surface area contributed by atoms with Crippen LogP contribution in [0, 0.1) is 0 Å². The molecule has 5 nitrogen and oxygen atoms in total. The van der Waals surface area contributed by atoms with E-state index in [0.29, 0.717) is 13.0 Å². The van der Waals surface area contributed by atoms with Crippen molar-refractivity contribution in [3.63, 3.8) is 0 Å². The van der Waals surface area contributed by atoms with Crippen LogP contribution in [-0.2, 0) is 19.7 Å². The van der Waals surface area contributed by atoms with E-state index in [1.165, 1.54) is 12.5 Å². The van der Waals surface area contributed by atoms with Gasteiger partial charge >= 0.3 is 5.97 Å². The third-order valence-electron chi connectivity index (χ3n) is 5.71. The number of carbonyl (C=O) groups is 2. The van der Waals surface area contributed by atoms with Gasteiger partial charge in [0.2, 0.25) is 5.91 Å². The van der Waals surface area contributed by atoms with Gasteiger partial charge in [0.1, 0.15) is 12.3 Å². The van der Waals surface area contributed by atoms with Gasteiger partial charge in [0, 0.05) is 37.1 Å². The molecule has 0 aromatic heterocycles. The molecule has 1 aromatic rings. The van der Waals surface area contributed by atoms with E-state index in [9.17, 15) is 9.59 Å². The summed E-state index contributed by atoms with van der Waals surface area (Å²) in [6.45, 7) is 10.2. The molecule has 1 aromatic carbocycles. The number of likely N-dealkylation sites (N-methyl/N-ethyl adjacent to an activating group) is 1. The molecule has 2 aliphatic rings. The fourth-order valence-electron chi connectivity index (χ4n) is 4.59. The fraction of sp³-hybridized carbons (Fsp3) is 0.478. The third-order valence-corrected chi connectivity index (χ3v) is 6.21. The van der Waals surface area contributed by atoms with Gasteiger partial charge in [0.25, 0.3) is 0 Å². The number of halogens is 1. The second kappa shape index (κ2) is 7.98. The zero-order chi connectivity index (χ0) is 21.5. The van der Waals surface area contributed by atoms with E-state index >= 15 is 0 Å². The molecule has 2 aliphatic heterocycles. The molecule has 2 heterocycles. The Labute approximate surface area is 181 Å². The first-order valence-electron chi connectivity index (χ1n) is 9.86. The molecule has 29 heavy (non-hydrogen) atoms. The number of likely N-dealkylation sites (tertiary alicyclic amines) is 1. The molecule has 6 heteroatoms. The summed E-state index contributed by atoms with van der Waals surface area (Å²) in [6.07, 6.45) is 3.70. The number of hydrogen-bond acceptors (Lipinski definition) is 4. The van der Waals surface area contributed by atoms with Gasteiger partial charge < -0.3 is 14.5 Å².